The lowest BCUT2D eigenvalue weighted by molar-refractivity contribution is 0.0595. The van der Waals surface area contributed by atoms with Gasteiger partial charge in [0.15, 0.2) is 5.78 Å². The van der Waals surface area contributed by atoms with Crippen LogP contribution in [0.1, 0.15) is 40.6 Å². The zero-order chi connectivity index (χ0) is 10.6. The molecule has 0 aliphatic heterocycles. The van der Waals surface area contributed by atoms with Gasteiger partial charge in [-0.2, -0.15) is 0 Å². The molecule has 76 valence electrons. The molecule has 0 bridgehead atoms. The van der Waals surface area contributed by atoms with Crippen LogP contribution in [0.25, 0.3) is 0 Å². The molecule has 1 aromatic heterocycles. The molecule has 1 aromatic rings. The number of aromatic nitrogens is 1. The largest absolute Gasteiger partial charge is 0.464 e. The fourth-order valence-electron chi connectivity index (χ4n) is 1.15. The van der Waals surface area contributed by atoms with E-state index in [0.717, 1.165) is 6.42 Å². The average molecular weight is 195 g/mol. The Kier molecular flexibility index (Phi) is 3.45. The minimum Gasteiger partial charge on any atom is -0.464 e. The minimum atomic E-state index is -0.458. The van der Waals surface area contributed by atoms with Gasteiger partial charge in [0.2, 0.25) is 0 Å². The van der Waals surface area contributed by atoms with Crippen LogP contribution in [0.15, 0.2) is 12.3 Å². The van der Waals surface area contributed by atoms with Gasteiger partial charge in [-0.1, -0.05) is 6.92 Å². The third kappa shape index (κ3) is 2.22. The van der Waals surface area contributed by atoms with Gasteiger partial charge in [-0.3, -0.25) is 4.79 Å². The summed E-state index contributed by atoms with van der Waals surface area (Å²) in [6, 6.07) is 1.52. The summed E-state index contributed by atoms with van der Waals surface area (Å²) in [4.78, 5) is 25.1. The Bertz CT molecular complexity index is 341. The zero-order valence-corrected chi connectivity index (χ0v) is 8.29. The van der Waals surface area contributed by atoms with Gasteiger partial charge in [0.05, 0.1) is 7.11 Å². The van der Waals surface area contributed by atoms with Crippen molar-refractivity contribution in [3.05, 3.63) is 23.5 Å². The fourth-order valence-corrected chi connectivity index (χ4v) is 1.15. The number of aromatic amines is 1. The molecule has 0 aromatic carbocycles. The maximum absolute atomic E-state index is 11.4. The molecule has 0 spiro atoms. The van der Waals surface area contributed by atoms with E-state index in [2.05, 4.69) is 9.72 Å². The Hall–Kier alpha value is -1.58. The van der Waals surface area contributed by atoms with Crippen molar-refractivity contribution in [3.8, 4) is 0 Å². The van der Waals surface area contributed by atoms with Crippen molar-refractivity contribution in [3.63, 3.8) is 0 Å². The predicted octanol–water partition coefficient (Wildman–Crippen LogP) is 1.78. The molecule has 1 heterocycles. The standard InChI is InChI=1S/C10H13NO3/c1-3-4-9(12)7-5-8(11-6-7)10(13)14-2/h5-6,11H,3-4H2,1-2H3. The minimum absolute atomic E-state index is 0.0407. The lowest BCUT2D eigenvalue weighted by atomic mass is 10.1. The van der Waals surface area contributed by atoms with Gasteiger partial charge in [-0.05, 0) is 12.5 Å². The fraction of sp³-hybridized carbons (Fsp3) is 0.400. The molecule has 1 N–H and O–H groups in total. The van der Waals surface area contributed by atoms with Gasteiger partial charge >= 0.3 is 5.97 Å². The summed E-state index contributed by atoms with van der Waals surface area (Å²) in [5.74, 6) is -0.417. The highest BCUT2D eigenvalue weighted by Crippen LogP contribution is 2.08. The Morgan fingerprint density at radius 3 is 2.79 bits per heavy atom. The number of rotatable bonds is 4. The van der Waals surface area contributed by atoms with Crippen LogP contribution in [-0.4, -0.2) is 23.8 Å². The van der Waals surface area contributed by atoms with Gasteiger partial charge in [-0.15, -0.1) is 0 Å². The number of carbonyl (C=O) groups excluding carboxylic acids is 2. The van der Waals surface area contributed by atoms with Gasteiger partial charge in [0.1, 0.15) is 5.69 Å². The first-order valence-corrected chi connectivity index (χ1v) is 4.49. The number of hydrogen-bond acceptors (Lipinski definition) is 3. The molecule has 0 atom stereocenters. The Morgan fingerprint density at radius 1 is 1.50 bits per heavy atom. The highest BCUT2D eigenvalue weighted by Gasteiger charge is 2.11. The van der Waals surface area contributed by atoms with E-state index < -0.39 is 5.97 Å². The number of Topliss-reactive ketones (excluding diaryl/α,β-unsaturated/α-hetero) is 1. The number of ether oxygens (including phenoxy) is 1. The number of nitrogens with one attached hydrogen (secondary N) is 1. The molecular formula is C10H13NO3. The van der Waals surface area contributed by atoms with Crippen LogP contribution < -0.4 is 0 Å². The molecular weight excluding hydrogens is 182 g/mol. The molecule has 0 unspecified atom stereocenters. The van der Waals surface area contributed by atoms with Crippen LogP contribution in [0.4, 0.5) is 0 Å². The maximum Gasteiger partial charge on any atom is 0.354 e. The van der Waals surface area contributed by atoms with Crippen LogP contribution in [0.3, 0.4) is 0 Å². The third-order valence-corrected chi connectivity index (χ3v) is 1.89. The topological polar surface area (TPSA) is 59.2 Å². The van der Waals surface area contributed by atoms with Crippen molar-refractivity contribution >= 4 is 11.8 Å². The SMILES string of the molecule is CCCC(=O)c1c[nH]c(C(=O)OC)c1. The number of hydrogen-bond donors (Lipinski definition) is 1. The molecule has 0 saturated carbocycles. The van der Waals surface area contributed by atoms with E-state index in [9.17, 15) is 9.59 Å². The van der Waals surface area contributed by atoms with Crippen molar-refractivity contribution in [2.75, 3.05) is 7.11 Å². The number of esters is 1. The second kappa shape index (κ2) is 4.60. The van der Waals surface area contributed by atoms with E-state index in [-0.39, 0.29) is 5.78 Å². The summed E-state index contributed by atoms with van der Waals surface area (Å²) in [5, 5.41) is 0. The molecule has 14 heavy (non-hydrogen) atoms. The first kappa shape index (κ1) is 10.5. The van der Waals surface area contributed by atoms with Crippen LogP contribution in [0.2, 0.25) is 0 Å². The highest BCUT2D eigenvalue weighted by molar-refractivity contribution is 5.98. The number of methoxy groups -OCH3 is 1. The molecule has 0 saturated heterocycles. The van der Waals surface area contributed by atoms with Crippen LogP contribution in [0, 0.1) is 0 Å². The monoisotopic (exact) mass is 195 g/mol. The number of ketones is 1. The van der Waals surface area contributed by atoms with E-state index in [1.807, 2.05) is 6.92 Å². The second-order valence-electron chi connectivity index (χ2n) is 2.97. The number of H-pyrrole nitrogens is 1. The molecule has 4 heteroatoms. The molecule has 1 rings (SSSR count). The van der Waals surface area contributed by atoms with E-state index in [1.165, 1.54) is 19.4 Å². The first-order valence-electron chi connectivity index (χ1n) is 4.49. The molecule has 0 aliphatic rings. The van der Waals surface area contributed by atoms with E-state index in [1.54, 1.807) is 0 Å². The summed E-state index contributed by atoms with van der Waals surface area (Å²) in [6.45, 7) is 1.94. The van der Waals surface area contributed by atoms with Crippen molar-refractivity contribution in [1.82, 2.24) is 4.98 Å². The lowest BCUT2D eigenvalue weighted by Gasteiger charge is -1.93. The maximum atomic E-state index is 11.4. The summed E-state index contributed by atoms with van der Waals surface area (Å²) in [5.41, 5.74) is 0.846. The van der Waals surface area contributed by atoms with Crippen molar-refractivity contribution in [2.45, 2.75) is 19.8 Å². The lowest BCUT2D eigenvalue weighted by Crippen LogP contribution is -2.01. The number of carbonyl (C=O) groups is 2. The summed E-state index contributed by atoms with van der Waals surface area (Å²) < 4.78 is 4.51. The van der Waals surface area contributed by atoms with Crippen LogP contribution in [0.5, 0.6) is 0 Å². The van der Waals surface area contributed by atoms with Gasteiger partial charge < -0.3 is 9.72 Å². The Labute approximate surface area is 82.3 Å². The van der Waals surface area contributed by atoms with Crippen LogP contribution in [-0.2, 0) is 4.74 Å². The second-order valence-corrected chi connectivity index (χ2v) is 2.97. The van der Waals surface area contributed by atoms with Crippen molar-refractivity contribution in [1.29, 1.82) is 0 Å². The van der Waals surface area contributed by atoms with E-state index in [4.69, 9.17) is 0 Å². The molecule has 4 nitrogen and oxygen atoms in total. The summed E-state index contributed by atoms with van der Waals surface area (Å²) in [6.07, 6.45) is 2.83. The summed E-state index contributed by atoms with van der Waals surface area (Å²) in [7, 11) is 1.30. The zero-order valence-electron chi connectivity index (χ0n) is 8.29. The molecule has 0 radical (unpaired) electrons. The van der Waals surface area contributed by atoms with Crippen molar-refractivity contribution < 1.29 is 14.3 Å². The first-order chi connectivity index (χ1) is 6.69. The van der Waals surface area contributed by atoms with Gasteiger partial charge in [-0.25, -0.2) is 4.79 Å². The average Bonchev–Trinajstić information content (AvgIpc) is 2.66. The third-order valence-electron chi connectivity index (χ3n) is 1.89. The Balaban J connectivity index is 2.77. The molecule has 0 fully saturated rings. The molecule has 0 aliphatic carbocycles. The predicted molar refractivity (Wildman–Crippen MR) is 51.4 cm³/mol. The quantitative estimate of drug-likeness (QED) is 0.588. The molecule has 0 amide bonds. The summed E-state index contributed by atoms with van der Waals surface area (Å²) >= 11 is 0. The normalized spacial score (nSPS) is 9.86. The van der Waals surface area contributed by atoms with Crippen LogP contribution >= 0.6 is 0 Å². The highest BCUT2D eigenvalue weighted by atomic mass is 16.5. The van der Waals surface area contributed by atoms with E-state index >= 15 is 0 Å². The van der Waals surface area contributed by atoms with Gasteiger partial charge in [0.25, 0.3) is 0 Å². The van der Waals surface area contributed by atoms with Gasteiger partial charge in [0, 0.05) is 18.2 Å². The Morgan fingerprint density at radius 2 is 2.21 bits per heavy atom. The van der Waals surface area contributed by atoms with E-state index in [0.29, 0.717) is 17.7 Å². The van der Waals surface area contributed by atoms with Crippen molar-refractivity contribution in [2.24, 2.45) is 0 Å². The smallest absolute Gasteiger partial charge is 0.354 e.